The Kier molecular flexibility index (Phi) is 7.39. The van der Waals surface area contributed by atoms with Crippen molar-refractivity contribution in [2.75, 3.05) is 26.7 Å². The molecule has 0 saturated carbocycles. The van der Waals surface area contributed by atoms with Crippen molar-refractivity contribution in [1.82, 2.24) is 10.2 Å². The summed E-state index contributed by atoms with van der Waals surface area (Å²) in [6.45, 7) is 11.0. The van der Waals surface area contributed by atoms with E-state index >= 15 is 0 Å². The van der Waals surface area contributed by atoms with E-state index in [9.17, 15) is 4.79 Å². The van der Waals surface area contributed by atoms with E-state index in [1.165, 1.54) is 13.0 Å². The normalized spacial score (nSPS) is 21.1. The maximum atomic E-state index is 11.3. The smallest absolute Gasteiger partial charge is 0.222 e. The summed E-state index contributed by atoms with van der Waals surface area (Å²) in [5.41, 5.74) is 0. The molecule has 1 aliphatic rings. The van der Waals surface area contributed by atoms with Gasteiger partial charge in [0.15, 0.2) is 0 Å². The largest absolute Gasteiger partial charge is 0.356 e. The average molecular weight is 214 g/mol. The van der Waals surface area contributed by atoms with E-state index in [4.69, 9.17) is 0 Å². The number of rotatable bonds is 3. The molecule has 0 radical (unpaired) electrons. The molecule has 0 aromatic carbocycles. The van der Waals surface area contributed by atoms with Crippen LogP contribution in [-0.2, 0) is 4.79 Å². The van der Waals surface area contributed by atoms with Crippen LogP contribution in [0.25, 0.3) is 0 Å². The number of carbonyl (C=O) groups excluding carboxylic acids is 1. The third-order valence-electron chi connectivity index (χ3n) is 2.58. The lowest BCUT2D eigenvalue weighted by Crippen LogP contribution is -2.33. The van der Waals surface area contributed by atoms with Gasteiger partial charge in [0.05, 0.1) is 0 Å². The van der Waals surface area contributed by atoms with Gasteiger partial charge in [-0.1, -0.05) is 27.7 Å². The van der Waals surface area contributed by atoms with Crippen LogP contribution in [-0.4, -0.2) is 37.5 Å². The molecule has 1 amide bonds. The molecule has 3 heteroatoms. The topological polar surface area (TPSA) is 32.3 Å². The molecule has 1 N–H and O–H groups in total. The van der Waals surface area contributed by atoms with Crippen molar-refractivity contribution in [1.29, 1.82) is 0 Å². The lowest BCUT2D eigenvalue weighted by molar-refractivity contribution is -0.124. The van der Waals surface area contributed by atoms with Gasteiger partial charge in [-0.3, -0.25) is 4.79 Å². The van der Waals surface area contributed by atoms with Gasteiger partial charge in [-0.2, -0.15) is 0 Å². The minimum absolute atomic E-state index is 0.110. The van der Waals surface area contributed by atoms with E-state index in [2.05, 4.69) is 17.3 Å². The Morgan fingerprint density at radius 3 is 2.47 bits per heavy atom. The van der Waals surface area contributed by atoms with Crippen molar-refractivity contribution >= 4 is 5.91 Å². The predicted octanol–water partition coefficient (Wildman–Crippen LogP) is 1.74. The van der Waals surface area contributed by atoms with E-state index in [0.29, 0.717) is 5.92 Å². The quantitative estimate of drug-likeness (QED) is 0.776. The summed E-state index contributed by atoms with van der Waals surface area (Å²) in [4.78, 5) is 13.6. The second kappa shape index (κ2) is 7.69. The van der Waals surface area contributed by atoms with Crippen LogP contribution in [0, 0.1) is 11.8 Å². The number of nitrogens with zero attached hydrogens (tertiary/aromatic N) is 1. The molecule has 1 heterocycles. The summed E-state index contributed by atoms with van der Waals surface area (Å²) in [5, 5.41) is 2.98. The molecule has 1 saturated heterocycles. The van der Waals surface area contributed by atoms with E-state index < -0.39 is 0 Å². The third-order valence-corrected chi connectivity index (χ3v) is 2.58. The number of carbonyl (C=O) groups is 1. The van der Waals surface area contributed by atoms with Gasteiger partial charge in [-0.25, -0.2) is 0 Å². The first-order valence-corrected chi connectivity index (χ1v) is 6.06. The van der Waals surface area contributed by atoms with Gasteiger partial charge in [-0.15, -0.1) is 0 Å². The Balaban J connectivity index is 0.000000921. The average Bonchev–Trinajstić information content (AvgIpc) is 2.63. The highest BCUT2D eigenvalue weighted by Crippen LogP contribution is 2.12. The fourth-order valence-electron chi connectivity index (χ4n) is 1.64. The van der Waals surface area contributed by atoms with E-state index in [1.807, 2.05) is 27.7 Å². The molecule has 0 spiro atoms. The van der Waals surface area contributed by atoms with Crippen molar-refractivity contribution in [2.45, 2.75) is 34.1 Å². The van der Waals surface area contributed by atoms with Crippen LogP contribution in [0.1, 0.15) is 34.1 Å². The molecule has 1 fully saturated rings. The van der Waals surface area contributed by atoms with Gasteiger partial charge in [0, 0.05) is 19.0 Å². The molecule has 1 aliphatic heterocycles. The molecule has 15 heavy (non-hydrogen) atoms. The molecular formula is C12H26N2O. The molecule has 1 rings (SSSR count). The van der Waals surface area contributed by atoms with Gasteiger partial charge in [0.25, 0.3) is 0 Å². The summed E-state index contributed by atoms with van der Waals surface area (Å²) in [6.07, 6.45) is 1.22. The van der Waals surface area contributed by atoms with Crippen molar-refractivity contribution < 1.29 is 4.79 Å². The predicted molar refractivity (Wildman–Crippen MR) is 64.8 cm³/mol. The SMILES string of the molecule is CC.CC(C)C(=O)NCC1CCN(C)C1. The van der Waals surface area contributed by atoms with Crippen molar-refractivity contribution in [3.8, 4) is 0 Å². The van der Waals surface area contributed by atoms with Crippen LogP contribution in [0.5, 0.6) is 0 Å². The number of amides is 1. The standard InChI is InChI=1S/C10H20N2O.C2H6/c1-8(2)10(13)11-6-9-4-5-12(3)7-9;1-2/h8-9H,4-7H2,1-3H3,(H,11,13);1-2H3. The first-order chi connectivity index (χ1) is 7.09. The number of likely N-dealkylation sites (tertiary alicyclic amines) is 1. The zero-order chi connectivity index (χ0) is 11.8. The number of hydrogen-bond donors (Lipinski definition) is 1. The van der Waals surface area contributed by atoms with Crippen molar-refractivity contribution in [2.24, 2.45) is 11.8 Å². The Bertz CT molecular complexity index is 180. The van der Waals surface area contributed by atoms with Gasteiger partial charge in [0.2, 0.25) is 5.91 Å². The van der Waals surface area contributed by atoms with Gasteiger partial charge < -0.3 is 10.2 Å². The lowest BCUT2D eigenvalue weighted by atomic mass is 10.1. The van der Waals surface area contributed by atoms with E-state index in [-0.39, 0.29) is 11.8 Å². The molecule has 0 aromatic heterocycles. The lowest BCUT2D eigenvalue weighted by Gasteiger charge is -2.12. The van der Waals surface area contributed by atoms with Crippen LogP contribution in [0.15, 0.2) is 0 Å². The van der Waals surface area contributed by atoms with E-state index in [0.717, 1.165) is 13.1 Å². The van der Waals surface area contributed by atoms with Gasteiger partial charge in [-0.05, 0) is 25.9 Å². The Morgan fingerprint density at radius 2 is 2.07 bits per heavy atom. The molecule has 0 bridgehead atoms. The van der Waals surface area contributed by atoms with Crippen molar-refractivity contribution in [3.05, 3.63) is 0 Å². The van der Waals surface area contributed by atoms with Gasteiger partial charge in [0.1, 0.15) is 0 Å². The van der Waals surface area contributed by atoms with Crippen LogP contribution in [0.4, 0.5) is 0 Å². The fraction of sp³-hybridized carbons (Fsp3) is 0.917. The van der Waals surface area contributed by atoms with Crippen LogP contribution in [0.2, 0.25) is 0 Å². The highest BCUT2D eigenvalue weighted by molar-refractivity contribution is 5.77. The van der Waals surface area contributed by atoms with Crippen LogP contribution >= 0.6 is 0 Å². The van der Waals surface area contributed by atoms with Crippen LogP contribution in [0.3, 0.4) is 0 Å². The highest BCUT2D eigenvalue weighted by atomic mass is 16.1. The first-order valence-electron chi connectivity index (χ1n) is 6.06. The maximum Gasteiger partial charge on any atom is 0.222 e. The van der Waals surface area contributed by atoms with Crippen LogP contribution < -0.4 is 5.32 Å². The molecule has 90 valence electrons. The second-order valence-corrected chi connectivity index (χ2v) is 4.32. The molecule has 0 aromatic rings. The molecule has 1 unspecified atom stereocenters. The molecule has 1 atom stereocenters. The summed E-state index contributed by atoms with van der Waals surface area (Å²) in [6, 6.07) is 0. The third kappa shape index (κ3) is 5.78. The summed E-state index contributed by atoms with van der Waals surface area (Å²) < 4.78 is 0. The number of hydrogen-bond acceptors (Lipinski definition) is 2. The first kappa shape index (κ1) is 14.4. The number of nitrogens with one attached hydrogen (secondary N) is 1. The van der Waals surface area contributed by atoms with E-state index in [1.54, 1.807) is 0 Å². The Morgan fingerprint density at radius 1 is 1.47 bits per heavy atom. The second-order valence-electron chi connectivity index (χ2n) is 4.32. The molecule has 0 aliphatic carbocycles. The maximum absolute atomic E-state index is 11.3. The monoisotopic (exact) mass is 214 g/mol. The zero-order valence-corrected chi connectivity index (χ0v) is 10.8. The molecular weight excluding hydrogens is 188 g/mol. The highest BCUT2D eigenvalue weighted by Gasteiger charge is 2.19. The summed E-state index contributed by atoms with van der Waals surface area (Å²) in [7, 11) is 2.13. The minimum atomic E-state index is 0.110. The van der Waals surface area contributed by atoms with Gasteiger partial charge >= 0.3 is 0 Å². The summed E-state index contributed by atoms with van der Waals surface area (Å²) >= 11 is 0. The Hall–Kier alpha value is -0.570. The molecule has 3 nitrogen and oxygen atoms in total. The minimum Gasteiger partial charge on any atom is -0.356 e. The van der Waals surface area contributed by atoms with Crippen molar-refractivity contribution in [3.63, 3.8) is 0 Å². The Labute approximate surface area is 94.2 Å². The fourth-order valence-corrected chi connectivity index (χ4v) is 1.64. The summed E-state index contributed by atoms with van der Waals surface area (Å²) in [5.74, 6) is 0.946. The zero-order valence-electron chi connectivity index (χ0n) is 10.8.